The van der Waals surface area contributed by atoms with Crippen LogP contribution in [0, 0.1) is 0 Å². The number of ether oxygens (including phenoxy) is 1. The molecule has 0 unspecified atom stereocenters. The second-order valence-corrected chi connectivity index (χ2v) is 3.61. The molecule has 0 aliphatic rings. The molecule has 16 heavy (non-hydrogen) atoms. The number of hydrogen-bond donors (Lipinski definition) is 0. The van der Waals surface area contributed by atoms with Gasteiger partial charge in [-0.25, -0.2) is 4.68 Å². The first kappa shape index (κ1) is 10.7. The Labute approximate surface area is 94.9 Å². The number of rotatable bonds is 4. The van der Waals surface area contributed by atoms with Crippen LogP contribution in [0.1, 0.15) is 18.2 Å². The lowest BCUT2D eigenvalue weighted by Crippen LogP contribution is -2.00. The van der Waals surface area contributed by atoms with Crippen molar-refractivity contribution in [1.29, 1.82) is 0 Å². The predicted molar refractivity (Wildman–Crippen MR) is 61.5 cm³/mol. The van der Waals surface area contributed by atoms with E-state index in [0.29, 0.717) is 0 Å². The van der Waals surface area contributed by atoms with Crippen LogP contribution in [0.3, 0.4) is 0 Å². The lowest BCUT2D eigenvalue weighted by atomic mass is 10.2. The topological polar surface area (TPSA) is 39.9 Å². The Balaban J connectivity index is 2.08. The molecule has 1 aromatic carbocycles. The van der Waals surface area contributed by atoms with Gasteiger partial charge in [-0.3, -0.25) is 0 Å². The fourth-order valence-corrected chi connectivity index (χ4v) is 1.50. The zero-order valence-corrected chi connectivity index (χ0v) is 9.55. The van der Waals surface area contributed by atoms with Gasteiger partial charge in [0.15, 0.2) is 0 Å². The maximum Gasteiger partial charge on any atom is 0.118 e. The van der Waals surface area contributed by atoms with Crippen molar-refractivity contribution >= 4 is 0 Å². The molecular weight excluding hydrogens is 202 g/mol. The standard InChI is InChI=1S/C12H15N3O/c1-3-11-9-15(14-13-11)8-10-4-6-12(16-2)7-5-10/h4-7,9H,3,8H2,1-2H3. The maximum atomic E-state index is 5.11. The van der Waals surface area contributed by atoms with E-state index in [0.717, 1.165) is 24.4 Å². The smallest absolute Gasteiger partial charge is 0.118 e. The van der Waals surface area contributed by atoms with E-state index in [2.05, 4.69) is 17.2 Å². The predicted octanol–water partition coefficient (Wildman–Crippen LogP) is 1.90. The quantitative estimate of drug-likeness (QED) is 0.785. The molecule has 0 saturated heterocycles. The fraction of sp³-hybridized carbons (Fsp3) is 0.333. The Hall–Kier alpha value is -1.84. The van der Waals surface area contributed by atoms with Gasteiger partial charge in [0, 0.05) is 6.20 Å². The monoisotopic (exact) mass is 217 g/mol. The molecule has 0 fully saturated rings. The summed E-state index contributed by atoms with van der Waals surface area (Å²) in [4.78, 5) is 0. The first-order valence-corrected chi connectivity index (χ1v) is 5.33. The van der Waals surface area contributed by atoms with Crippen molar-refractivity contribution in [3.8, 4) is 5.75 Å². The van der Waals surface area contributed by atoms with Crippen LogP contribution in [-0.4, -0.2) is 22.1 Å². The number of methoxy groups -OCH3 is 1. The number of nitrogens with zero attached hydrogens (tertiary/aromatic N) is 3. The van der Waals surface area contributed by atoms with Crippen molar-refractivity contribution in [2.24, 2.45) is 0 Å². The Morgan fingerprint density at radius 3 is 2.56 bits per heavy atom. The molecule has 4 nitrogen and oxygen atoms in total. The third-order valence-electron chi connectivity index (χ3n) is 2.45. The van der Waals surface area contributed by atoms with Gasteiger partial charge < -0.3 is 4.74 Å². The Bertz CT molecular complexity index is 448. The summed E-state index contributed by atoms with van der Waals surface area (Å²) >= 11 is 0. The average molecular weight is 217 g/mol. The summed E-state index contributed by atoms with van der Waals surface area (Å²) in [5.74, 6) is 0.872. The number of aromatic nitrogens is 3. The van der Waals surface area contributed by atoms with Gasteiger partial charge in [0.2, 0.25) is 0 Å². The second-order valence-electron chi connectivity index (χ2n) is 3.61. The highest BCUT2D eigenvalue weighted by Crippen LogP contribution is 2.12. The van der Waals surface area contributed by atoms with E-state index in [1.807, 2.05) is 35.1 Å². The van der Waals surface area contributed by atoms with E-state index in [4.69, 9.17) is 4.74 Å². The highest BCUT2D eigenvalue weighted by molar-refractivity contribution is 5.27. The molecule has 2 rings (SSSR count). The number of hydrogen-bond acceptors (Lipinski definition) is 3. The molecule has 0 radical (unpaired) electrons. The number of aryl methyl sites for hydroxylation is 1. The lowest BCUT2D eigenvalue weighted by molar-refractivity contribution is 0.414. The van der Waals surface area contributed by atoms with Crippen LogP contribution in [0.4, 0.5) is 0 Å². The van der Waals surface area contributed by atoms with E-state index in [-0.39, 0.29) is 0 Å². The van der Waals surface area contributed by atoms with Gasteiger partial charge in [-0.15, -0.1) is 5.10 Å². The largest absolute Gasteiger partial charge is 0.497 e. The van der Waals surface area contributed by atoms with Crippen molar-refractivity contribution in [2.45, 2.75) is 19.9 Å². The second kappa shape index (κ2) is 4.79. The molecule has 2 aromatic rings. The van der Waals surface area contributed by atoms with Gasteiger partial charge in [0.05, 0.1) is 19.3 Å². The molecule has 0 spiro atoms. The molecule has 0 bridgehead atoms. The SMILES string of the molecule is CCc1cn(Cc2ccc(OC)cc2)nn1. The summed E-state index contributed by atoms with van der Waals surface area (Å²) < 4.78 is 6.95. The third-order valence-corrected chi connectivity index (χ3v) is 2.45. The first-order valence-electron chi connectivity index (χ1n) is 5.33. The normalized spacial score (nSPS) is 10.4. The van der Waals surface area contributed by atoms with Gasteiger partial charge in [-0.1, -0.05) is 24.3 Å². The summed E-state index contributed by atoms with van der Waals surface area (Å²) in [6.45, 7) is 2.82. The van der Waals surface area contributed by atoms with E-state index in [1.54, 1.807) is 7.11 Å². The van der Waals surface area contributed by atoms with E-state index in [1.165, 1.54) is 5.56 Å². The Morgan fingerprint density at radius 1 is 1.25 bits per heavy atom. The first-order chi connectivity index (χ1) is 7.81. The summed E-state index contributed by atoms with van der Waals surface area (Å²) in [6.07, 6.45) is 2.90. The molecule has 0 saturated carbocycles. The molecule has 1 aromatic heterocycles. The molecule has 84 valence electrons. The van der Waals surface area contributed by atoms with Crippen LogP contribution >= 0.6 is 0 Å². The molecule has 4 heteroatoms. The van der Waals surface area contributed by atoms with Crippen molar-refractivity contribution in [3.63, 3.8) is 0 Å². The van der Waals surface area contributed by atoms with Gasteiger partial charge in [0.1, 0.15) is 5.75 Å². The molecule has 1 heterocycles. The van der Waals surface area contributed by atoms with E-state index < -0.39 is 0 Å². The van der Waals surface area contributed by atoms with Crippen LogP contribution in [0.2, 0.25) is 0 Å². The maximum absolute atomic E-state index is 5.11. The zero-order chi connectivity index (χ0) is 11.4. The third kappa shape index (κ3) is 2.39. The van der Waals surface area contributed by atoms with Crippen molar-refractivity contribution in [2.75, 3.05) is 7.11 Å². The minimum Gasteiger partial charge on any atom is -0.497 e. The van der Waals surface area contributed by atoms with Gasteiger partial charge in [0.25, 0.3) is 0 Å². The van der Waals surface area contributed by atoms with Crippen LogP contribution in [0.15, 0.2) is 30.5 Å². The Morgan fingerprint density at radius 2 is 2.00 bits per heavy atom. The average Bonchev–Trinajstić information content (AvgIpc) is 2.78. The molecule has 0 amide bonds. The van der Waals surface area contributed by atoms with Crippen LogP contribution < -0.4 is 4.74 Å². The molecular formula is C12H15N3O. The molecule has 0 aliphatic carbocycles. The minimum atomic E-state index is 0.747. The fourth-order valence-electron chi connectivity index (χ4n) is 1.50. The highest BCUT2D eigenvalue weighted by atomic mass is 16.5. The molecule has 0 aliphatic heterocycles. The van der Waals surface area contributed by atoms with E-state index >= 15 is 0 Å². The van der Waals surface area contributed by atoms with Crippen LogP contribution in [0.5, 0.6) is 5.75 Å². The van der Waals surface area contributed by atoms with Crippen LogP contribution in [-0.2, 0) is 13.0 Å². The van der Waals surface area contributed by atoms with Crippen molar-refractivity contribution < 1.29 is 4.74 Å². The summed E-state index contributed by atoms with van der Waals surface area (Å²) in [6, 6.07) is 7.97. The van der Waals surface area contributed by atoms with Crippen LogP contribution in [0.25, 0.3) is 0 Å². The number of benzene rings is 1. The Kier molecular flexibility index (Phi) is 3.19. The zero-order valence-electron chi connectivity index (χ0n) is 9.55. The van der Waals surface area contributed by atoms with Gasteiger partial charge in [-0.05, 0) is 24.1 Å². The summed E-state index contributed by atoms with van der Waals surface area (Å²) in [5.41, 5.74) is 2.21. The molecule has 0 N–H and O–H groups in total. The van der Waals surface area contributed by atoms with Gasteiger partial charge >= 0.3 is 0 Å². The lowest BCUT2D eigenvalue weighted by Gasteiger charge is -2.02. The van der Waals surface area contributed by atoms with Gasteiger partial charge in [-0.2, -0.15) is 0 Å². The molecule has 0 atom stereocenters. The van der Waals surface area contributed by atoms with Crippen molar-refractivity contribution in [1.82, 2.24) is 15.0 Å². The van der Waals surface area contributed by atoms with E-state index in [9.17, 15) is 0 Å². The van der Waals surface area contributed by atoms with Crippen molar-refractivity contribution in [3.05, 3.63) is 41.7 Å². The minimum absolute atomic E-state index is 0.747. The summed E-state index contributed by atoms with van der Waals surface area (Å²) in [7, 11) is 1.67. The summed E-state index contributed by atoms with van der Waals surface area (Å²) in [5, 5.41) is 8.11. The highest BCUT2D eigenvalue weighted by Gasteiger charge is 1.99.